The monoisotopic (exact) mass is 253 g/mol. The molecule has 1 saturated heterocycles. The molecule has 0 spiro atoms. The Hall–Kier alpha value is -1.13. The van der Waals surface area contributed by atoms with Crippen molar-refractivity contribution in [3.63, 3.8) is 0 Å². The predicted molar refractivity (Wildman–Crippen MR) is 68.2 cm³/mol. The van der Waals surface area contributed by atoms with Gasteiger partial charge in [-0.1, -0.05) is 0 Å². The molecule has 100 valence electrons. The zero-order valence-corrected chi connectivity index (χ0v) is 10.5. The van der Waals surface area contributed by atoms with Crippen LogP contribution < -0.4 is 10.5 Å². The van der Waals surface area contributed by atoms with Crippen molar-refractivity contribution in [3.05, 3.63) is 29.6 Å². The Kier molecular flexibility index (Phi) is 4.96. The SMILES string of the molecule is NCCc1cc(F)cc(OCC2CCOCC2)c1. The van der Waals surface area contributed by atoms with Crippen molar-refractivity contribution in [1.82, 2.24) is 0 Å². The molecule has 1 aromatic carbocycles. The third-order valence-electron chi connectivity index (χ3n) is 3.19. The standard InChI is InChI=1S/C14H20FNO2/c15-13-7-12(1-4-16)8-14(9-13)18-10-11-2-5-17-6-3-11/h7-9,11H,1-6,10,16H2. The first-order valence-electron chi connectivity index (χ1n) is 6.48. The molecule has 2 rings (SSSR count). The lowest BCUT2D eigenvalue weighted by Crippen LogP contribution is -2.21. The Morgan fingerprint density at radius 1 is 1.28 bits per heavy atom. The summed E-state index contributed by atoms with van der Waals surface area (Å²) in [6.07, 6.45) is 2.71. The van der Waals surface area contributed by atoms with Crippen LogP contribution in [-0.2, 0) is 11.2 Å². The maximum atomic E-state index is 13.4. The molecule has 1 aliphatic rings. The highest BCUT2D eigenvalue weighted by molar-refractivity contribution is 5.29. The van der Waals surface area contributed by atoms with E-state index in [1.807, 2.05) is 6.07 Å². The summed E-state index contributed by atoms with van der Waals surface area (Å²) in [5, 5.41) is 0. The van der Waals surface area contributed by atoms with Gasteiger partial charge in [-0.25, -0.2) is 4.39 Å². The van der Waals surface area contributed by atoms with E-state index in [2.05, 4.69) is 0 Å². The second-order valence-electron chi connectivity index (χ2n) is 4.70. The molecule has 1 fully saturated rings. The number of hydrogen-bond acceptors (Lipinski definition) is 3. The van der Waals surface area contributed by atoms with Gasteiger partial charge in [-0.15, -0.1) is 0 Å². The topological polar surface area (TPSA) is 44.5 Å². The molecule has 3 nitrogen and oxygen atoms in total. The van der Waals surface area contributed by atoms with Gasteiger partial charge in [0.15, 0.2) is 0 Å². The van der Waals surface area contributed by atoms with Gasteiger partial charge in [-0.05, 0) is 49.4 Å². The van der Waals surface area contributed by atoms with Crippen LogP contribution in [0.3, 0.4) is 0 Å². The quantitative estimate of drug-likeness (QED) is 0.874. The van der Waals surface area contributed by atoms with Crippen LogP contribution in [0.5, 0.6) is 5.75 Å². The highest BCUT2D eigenvalue weighted by Crippen LogP contribution is 2.20. The van der Waals surface area contributed by atoms with E-state index in [0.717, 1.165) is 31.6 Å². The van der Waals surface area contributed by atoms with E-state index in [-0.39, 0.29) is 5.82 Å². The van der Waals surface area contributed by atoms with Crippen molar-refractivity contribution < 1.29 is 13.9 Å². The summed E-state index contributed by atoms with van der Waals surface area (Å²) in [6.45, 7) is 2.75. The number of rotatable bonds is 5. The molecule has 0 amide bonds. The molecule has 1 aliphatic heterocycles. The van der Waals surface area contributed by atoms with Crippen molar-refractivity contribution in [1.29, 1.82) is 0 Å². The lowest BCUT2D eigenvalue weighted by Gasteiger charge is -2.22. The molecule has 0 atom stereocenters. The van der Waals surface area contributed by atoms with Crippen LogP contribution in [0.1, 0.15) is 18.4 Å². The van der Waals surface area contributed by atoms with Crippen molar-refractivity contribution in [2.75, 3.05) is 26.4 Å². The van der Waals surface area contributed by atoms with Gasteiger partial charge in [0.05, 0.1) is 6.61 Å². The van der Waals surface area contributed by atoms with Gasteiger partial charge in [0.1, 0.15) is 11.6 Å². The van der Waals surface area contributed by atoms with Crippen LogP contribution in [0, 0.1) is 11.7 Å². The second kappa shape index (κ2) is 6.71. The lowest BCUT2D eigenvalue weighted by atomic mass is 10.0. The molecule has 0 bridgehead atoms. The minimum absolute atomic E-state index is 0.261. The Morgan fingerprint density at radius 2 is 2.06 bits per heavy atom. The van der Waals surface area contributed by atoms with Gasteiger partial charge < -0.3 is 15.2 Å². The Morgan fingerprint density at radius 3 is 2.78 bits per heavy atom. The summed E-state index contributed by atoms with van der Waals surface area (Å²) in [5.74, 6) is 0.854. The second-order valence-corrected chi connectivity index (χ2v) is 4.70. The summed E-state index contributed by atoms with van der Waals surface area (Å²) in [7, 11) is 0. The molecular weight excluding hydrogens is 233 g/mol. The first-order chi connectivity index (χ1) is 8.78. The smallest absolute Gasteiger partial charge is 0.127 e. The lowest BCUT2D eigenvalue weighted by molar-refractivity contribution is 0.0497. The minimum Gasteiger partial charge on any atom is -0.493 e. The predicted octanol–water partition coefficient (Wildman–Crippen LogP) is 2.13. The van der Waals surface area contributed by atoms with E-state index in [1.54, 1.807) is 0 Å². The van der Waals surface area contributed by atoms with Crippen LogP contribution in [0.15, 0.2) is 18.2 Å². The molecule has 1 heterocycles. The summed E-state index contributed by atoms with van der Waals surface area (Å²) in [6, 6.07) is 4.81. The Labute approximate surface area is 107 Å². The Bertz CT molecular complexity index is 378. The fourth-order valence-electron chi connectivity index (χ4n) is 2.14. The number of hydrogen-bond donors (Lipinski definition) is 1. The third-order valence-corrected chi connectivity index (χ3v) is 3.19. The summed E-state index contributed by atoms with van der Waals surface area (Å²) in [4.78, 5) is 0. The van der Waals surface area contributed by atoms with Gasteiger partial charge in [-0.3, -0.25) is 0 Å². The van der Waals surface area contributed by atoms with Gasteiger partial charge in [-0.2, -0.15) is 0 Å². The number of nitrogens with two attached hydrogens (primary N) is 1. The number of ether oxygens (including phenoxy) is 2. The first-order valence-corrected chi connectivity index (χ1v) is 6.48. The highest BCUT2D eigenvalue weighted by Gasteiger charge is 2.14. The largest absolute Gasteiger partial charge is 0.493 e. The van der Waals surface area contributed by atoms with E-state index in [0.29, 0.717) is 31.2 Å². The summed E-state index contributed by atoms with van der Waals surface area (Å²) >= 11 is 0. The normalized spacial score (nSPS) is 16.8. The van der Waals surface area contributed by atoms with Gasteiger partial charge in [0.2, 0.25) is 0 Å². The van der Waals surface area contributed by atoms with Crippen molar-refractivity contribution in [2.45, 2.75) is 19.3 Å². The average Bonchev–Trinajstić information content (AvgIpc) is 2.37. The average molecular weight is 253 g/mol. The number of halogens is 1. The minimum atomic E-state index is -0.261. The van der Waals surface area contributed by atoms with Gasteiger partial charge in [0, 0.05) is 19.3 Å². The molecule has 18 heavy (non-hydrogen) atoms. The molecule has 0 saturated carbocycles. The first kappa shape index (κ1) is 13.3. The van der Waals surface area contributed by atoms with E-state index >= 15 is 0 Å². The molecular formula is C14H20FNO2. The molecule has 1 aromatic rings. The third kappa shape index (κ3) is 3.96. The van der Waals surface area contributed by atoms with Crippen LogP contribution in [-0.4, -0.2) is 26.4 Å². The van der Waals surface area contributed by atoms with Crippen molar-refractivity contribution in [2.24, 2.45) is 11.7 Å². The summed E-state index contributed by atoms with van der Waals surface area (Å²) in [5.41, 5.74) is 6.36. The molecule has 4 heteroatoms. The number of benzene rings is 1. The molecule has 0 unspecified atom stereocenters. The van der Waals surface area contributed by atoms with Gasteiger partial charge >= 0.3 is 0 Å². The van der Waals surface area contributed by atoms with Gasteiger partial charge in [0.25, 0.3) is 0 Å². The van der Waals surface area contributed by atoms with Crippen LogP contribution in [0.4, 0.5) is 4.39 Å². The molecule has 0 aromatic heterocycles. The summed E-state index contributed by atoms with van der Waals surface area (Å²) < 4.78 is 24.3. The molecule has 2 N–H and O–H groups in total. The molecule has 0 radical (unpaired) electrons. The zero-order valence-electron chi connectivity index (χ0n) is 10.5. The van der Waals surface area contributed by atoms with E-state index in [4.69, 9.17) is 15.2 Å². The van der Waals surface area contributed by atoms with Crippen molar-refractivity contribution in [3.8, 4) is 5.75 Å². The fraction of sp³-hybridized carbons (Fsp3) is 0.571. The Balaban J connectivity index is 1.91. The fourth-order valence-corrected chi connectivity index (χ4v) is 2.14. The van der Waals surface area contributed by atoms with E-state index < -0.39 is 0 Å². The van der Waals surface area contributed by atoms with E-state index in [9.17, 15) is 4.39 Å². The maximum Gasteiger partial charge on any atom is 0.127 e. The molecule has 0 aliphatic carbocycles. The van der Waals surface area contributed by atoms with Crippen LogP contribution in [0.25, 0.3) is 0 Å². The van der Waals surface area contributed by atoms with Crippen molar-refractivity contribution >= 4 is 0 Å². The van der Waals surface area contributed by atoms with Crippen LogP contribution >= 0.6 is 0 Å². The van der Waals surface area contributed by atoms with Crippen LogP contribution in [0.2, 0.25) is 0 Å². The van der Waals surface area contributed by atoms with E-state index in [1.165, 1.54) is 12.1 Å². The zero-order chi connectivity index (χ0) is 12.8. The highest BCUT2D eigenvalue weighted by atomic mass is 19.1. The maximum absolute atomic E-state index is 13.4.